The van der Waals surface area contributed by atoms with Crippen LogP contribution >= 0.6 is 0 Å². The zero-order chi connectivity index (χ0) is 14.1. The average molecular weight is 262 g/mol. The Morgan fingerprint density at radius 1 is 0.947 bits per heavy atom. The number of phenols is 1. The van der Waals surface area contributed by atoms with E-state index in [2.05, 4.69) is 26.8 Å². The molecule has 1 heteroatoms. The van der Waals surface area contributed by atoms with E-state index in [0.717, 1.165) is 5.56 Å². The molecule has 0 aliphatic heterocycles. The zero-order valence-electron chi connectivity index (χ0n) is 12.9. The predicted molar refractivity (Wildman–Crippen MR) is 83.7 cm³/mol. The summed E-state index contributed by atoms with van der Waals surface area (Å²) in [5, 5.41) is 10.1. The summed E-state index contributed by atoms with van der Waals surface area (Å²) in [6, 6.07) is 7.89. The quantitative estimate of drug-likeness (QED) is 0.551. The van der Waals surface area contributed by atoms with Crippen LogP contribution in [0.4, 0.5) is 0 Å². The van der Waals surface area contributed by atoms with Crippen molar-refractivity contribution in [3.8, 4) is 5.75 Å². The van der Waals surface area contributed by atoms with Crippen molar-refractivity contribution in [2.45, 2.75) is 71.6 Å². The van der Waals surface area contributed by atoms with Gasteiger partial charge < -0.3 is 5.11 Å². The standard InChI is InChI=1S/C18H30O/c1-4-6-7-8-12-16(15(3)11-5-2)17-13-9-10-14-18(17)19/h9-10,13-16,19H,4-8,11-12H2,1-3H3. The maximum absolute atomic E-state index is 10.1. The highest BCUT2D eigenvalue weighted by Gasteiger charge is 2.20. The van der Waals surface area contributed by atoms with Gasteiger partial charge in [-0.25, -0.2) is 0 Å². The summed E-state index contributed by atoms with van der Waals surface area (Å²) in [6.07, 6.45) is 8.88. The minimum Gasteiger partial charge on any atom is -0.508 e. The molecule has 1 rings (SSSR count). The van der Waals surface area contributed by atoms with Crippen LogP contribution in [-0.4, -0.2) is 5.11 Å². The summed E-state index contributed by atoms with van der Waals surface area (Å²) in [4.78, 5) is 0. The Bertz CT molecular complexity index is 345. The smallest absolute Gasteiger partial charge is 0.119 e. The zero-order valence-corrected chi connectivity index (χ0v) is 12.9. The molecule has 0 saturated heterocycles. The van der Waals surface area contributed by atoms with Crippen molar-refractivity contribution in [2.75, 3.05) is 0 Å². The van der Waals surface area contributed by atoms with Gasteiger partial charge in [-0.3, -0.25) is 0 Å². The number of benzene rings is 1. The fourth-order valence-corrected chi connectivity index (χ4v) is 3.00. The summed E-state index contributed by atoms with van der Waals surface area (Å²) in [7, 11) is 0. The van der Waals surface area contributed by atoms with Crippen LogP contribution in [0.2, 0.25) is 0 Å². The van der Waals surface area contributed by atoms with Gasteiger partial charge in [0, 0.05) is 0 Å². The lowest BCUT2D eigenvalue weighted by atomic mass is 9.80. The molecule has 0 spiro atoms. The van der Waals surface area contributed by atoms with Gasteiger partial charge in [0.15, 0.2) is 0 Å². The van der Waals surface area contributed by atoms with Crippen LogP contribution in [0.3, 0.4) is 0 Å². The largest absolute Gasteiger partial charge is 0.508 e. The number of aromatic hydroxyl groups is 1. The van der Waals surface area contributed by atoms with Crippen molar-refractivity contribution >= 4 is 0 Å². The van der Waals surface area contributed by atoms with Gasteiger partial charge in [0.1, 0.15) is 5.75 Å². The fourth-order valence-electron chi connectivity index (χ4n) is 3.00. The minimum absolute atomic E-state index is 0.478. The number of phenolic OH excluding ortho intramolecular Hbond substituents is 1. The van der Waals surface area contributed by atoms with E-state index in [4.69, 9.17) is 0 Å². The van der Waals surface area contributed by atoms with Crippen LogP contribution in [0.15, 0.2) is 24.3 Å². The van der Waals surface area contributed by atoms with Crippen molar-refractivity contribution in [3.63, 3.8) is 0 Å². The predicted octanol–water partition coefficient (Wildman–Crippen LogP) is 5.88. The summed E-state index contributed by atoms with van der Waals surface area (Å²) in [5.41, 5.74) is 1.15. The number of para-hydroxylation sites is 1. The molecule has 0 aliphatic rings. The highest BCUT2D eigenvalue weighted by atomic mass is 16.3. The van der Waals surface area contributed by atoms with E-state index in [-0.39, 0.29) is 0 Å². The molecule has 0 amide bonds. The highest BCUT2D eigenvalue weighted by Crippen LogP contribution is 2.37. The highest BCUT2D eigenvalue weighted by molar-refractivity contribution is 5.35. The molecule has 0 bridgehead atoms. The van der Waals surface area contributed by atoms with E-state index >= 15 is 0 Å². The first-order valence-corrected chi connectivity index (χ1v) is 7.98. The van der Waals surface area contributed by atoms with Crippen molar-refractivity contribution in [1.29, 1.82) is 0 Å². The fraction of sp³-hybridized carbons (Fsp3) is 0.667. The summed E-state index contributed by atoms with van der Waals surface area (Å²) in [6.45, 7) is 6.83. The Balaban J connectivity index is 2.71. The van der Waals surface area contributed by atoms with E-state index in [9.17, 15) is 5.11 Å². The molecule has 2 atom stereocenters. The van der Waals surface area contributed by atoms with Gasteiger partial charge in [-0.05, 0) is 29.9 Å². The van der Waals surface area contributed by atoms with E-state index < -0.39 is 0 Å². The van der Waals surface area contributed by atoms with E-state index in [1.54, 1.807) is 0 Å². The van der Waals surface area contributed by atoms with Gasteiger partial charge in [0.05, 0.1) is 0 Å². The van der Waals surface area contributed by atoms with E-state index in [1.807, 2.05) is 18.2 Å². The first-order chi connectivity index (χ1) is 9.20. The Kier molecular flexibility index (Phi) is 7.62. The molecule has 0 aliphatic carbocycles. The molecule has 0 heterocycles. The first-order valence-electron chi connectivity index (χ1n) is 7.98. The summed E-state index contributed by atoms with van der Waals surface area (Å²) < 4.78 is 0. The third kappa shape index (κ3) is 5.26. The van der Waals surface area contributed by atoms with Gasteiger partial charge in [-0.15, -0.1) is 0 Å². The van der Waals surface area contributed by atoms with Gasteiger partial charge in [-0.1, -0.05) is 77.5 Å². The second-order valence-corrected chi connectivity index (χ2v) is 5.78. The third-order valence-electron chi connectivity index (χ3n) is 4.14. The van der Waals surface area contributed by atoms with Gasteiger partial charge in [0.25, 0.3) is 0 Å². The summed E-state index contributed by atoms with van der Waals surface area (Å²) >= 11 is 0. The topological polar surface area (TPSA) is 20.2 Å². The summed E-state index contributed by atoms with van der Waals surface area (Å²) in [5.74, 6) is 1.64. The molecule has 0 fully saturated rings. The molecule has 1 aromatic carbocycles. The van der Waals surface area contributed by atoms with Gasteiger partial charge >= 0.3 is 0 Å². The average Bonchev–Trinajstić information content (AvgIpc) is 2.40. The molecule has 1 nitrogen and oxygen atoms in total. The molecular weight excluding hydrogens is 232 g/mol. The van der Waals surface area contributed by atoms with Gasteiger partial charge in [0.2, 0.25) is 0 Å². The lowest BCUT2D eigenvalue weighted by molar-refractivity contribution is 0.374. The number of hydrogen-bond donors (Lipinski definition) is 1. The molecule has 19 heavy (non-hydrogen) atoms. The monoisotopic (exact) mass is 262 g/mol. The second kappa shape index (κ2) is 9.01. The molecule has 1 N–H and O–H groups in total. The molecular formula is C18H30O. The minimum atomic E-state index is 0.478. The lowest BCUT2D eigenvalue weighted by Crippen LogP contribution is -2.10. The molecule has 0 saturated carbocycles. The number of unbranched alkanes of at least 4 members (excludes halogenated alkanes) is 3. The molecule has 108 valence electrons. The Labute approximate surface area is 119 Å². The third-order valence-corrected chi connectivity index (χ3v) is 4.14. The van der Waals surface area contributed by atoms with Crippen LogP contribution in [0.5, 0.6) is 5.75 Å². The number of rotatable bonds is 9. The van der Waals surface area contributed by atoms with Crippen molar-refractivity contribution in [2.24, 2.45) is 5.92 Å². The maximum atomic E-state index is 10.1. The Hall–Kier alpha value is -0.980. The molecule has 0 aromatic heterocycles. The van der Waals surface area contributed by atoms with Crippen molar-refractivity contribution < 1.29 is 5.11 Å². The first kappa shape index (κ1) is 16.1. The van der Waals surface area contributed by atoms with Crippen molar-refractivity contribution in [3.05, 3.63) is 29.8 Å². The molecule has 2 unspecified atom stereocenters. The SMILES string of the molecule is CCCCCCC(c1ccccc1O)C(C)CCC. The van der Waals surface area contributed by atoms with E-state index in [1.165, 1.54) is 44.9 Å². The van der Waals surface area contributed by atoms with Crippen LogP contribution < -0.4 is 0 Å². The van der Waals surface area contributed by atoms with Crippen LogP contribution in [0, 0.1) is 5.92 Å². The van der Waals surface area contributed by atoms with E-state index in [0.29, 0.717) is 17.6 Å². The number of hydrogen-bond acceptors (Lipinski definition) is 1. The van der Waals surface area contributed by atoms with Gasteiger partial charge in [-0.2, -0.15) is 0 Å². The molecule has 0 radical (unpaired) electrons. The van der Waals surface area contributed by atoms with Crippen molar-refractivity contribution in [1.82, 2.24) is 0 Å². The Morgan fingerprint density at radius 3 is 2.32 bits per heavy atom. The lowest BCUT2D eigenvalue weighted by Gasteiger charge is -2.25. The maximum Gasteiger partial charge on any atom is 0.119 e. The second-order valence-electron chi connectivity index (χ2n) is 5.78. The van der Waals surface area contributed by atoms with Crippen LogP contribution in [-0.2, 0) is 0 Å². The Morgan fingerprint density at radius 2 is 1.68 bits per heavy atom. The van der Waals surface area contributed by atoms with Crippen LogP contribution in [0.1, 0.15) is 77.2 Å². The normalized spacial score (nSPS) is 14.3. The van der Waals surface area contributed by atoms with Crippen LogP contribution in [0.25, 0.3) is 0 Å². The molecule has 1 aromatic rings.